The second kappa shape index (κ2) is 9.05. The average Bonchev–Trinajstić information content (AvgIpc) is 3.20. The molecule has 0 unspecified atom stereocenters. The van der Waals surface area contributed by atoms with Crippen molar-refractivity contribution >= 4 is 33.4 Å². The third-order valence-electron chi connectivity index (χ3n) is 7.65. The summed E-state index contributed by atoms with van der Waals surface area (Å²) in [6.45, 7) is 12.1. The Morgan fingerprint density at radius 2 is 1.78 bits per heavy atom. The molecule has 0 aromatic heterocycles. The van der Waals surface area contributed by atoms with Crippen molar-refractivity contribution in [3.05, 3.63) is 68.7 Å². The summed E-state index contributed by atoms with van der Waals surface area (Å²) >= 11 is 3.57. The van der Waals surface area contributed by atoms with Crippen molar-refractivity contribution in [1.82, 2.24) is 4.90 Å². The number of hydrogen-bond acceptors (Lipinski definition) is 4. The van der Waals surface area contributed by atoms with Gasteiger partial charge in [0.15, 0.2) is 5.78 Å². The summed E-state index contributed by atoms with van der Waals surface area (Å²) in [5.41, 5.74) is 5.41. The minimum Gasteiger partial charge on any atom is -0.493 e. The molecule has 1 amide bonds. The summed E-state index contributed by atoms with van der Waals surface area (Å²) in [6, 6.07) is 12.1. The highest BCUT2D eigenvalue weighted by Crippen LogP contribution is 2.50. The molecule has 0 bridgehead atoms. The number of likely N-dealkylation sites (tertiary alicyclic amines) is 1. The number of fused-ring (bicyclic) bond motifs is 3. The predicted molar refractivity (Wildman–Crippen MR) is 145 cm³/mol. The number of benzene rings is 2. The fourth-order valence-electron chi connectivity index (χ4n) is 5.63. The van der Waals surface area contributed by atoms with Crippen LogP contribution >= 0.6 is 15.9 Å². The average molecular weight is 553 g/mol. The molecule has 3 aliphatic rings. The molecule has 0 atom stereocenters. The summed E-state index contributed by atoms with van der Waals surface area (Å²) in [7, 11) is 0. The number of ether oxygens (including phenoxy) is 2. The molecule has 0 spiro atoms. The quantitative estimate of drug-likeness (QED) is 0.413. The number of piperidine rings is 1. The van der Waals surface area contributed by atoms with Crippen LogP contribution in [0.4, 0.5) is 4.79 Å². The Hall–Kier alpha value is -2.60. The van der Waals surface area contributed by atoms with E-state index < -0.39 is 5.60 Å². The fraction of sp³-hybridized carbons (Fsp3) is 0.467. The molecule has 2 aromatic carbocycles. The molecule has 1 fully saturated rings. The number of Topliss-reactive ketones (excluding diaryl/α,β-unsaturated/α-hetero) is 1. The van der Waals surface area contributed by atoms with E-state index >= 15 is 0 Å². The molecule has 6 heteroatoms. The van der Waals surface area contributed by atoms with Gasteiger partial charge in [-0.3, -0.25) is 4.79 Å². The molecule has 190 valence electrons. The van der Waals surface area contributed by atoms with E-state index in [4.69, 9.17) is 9.47 Å². The van der Waals surface area contributed by atoms with E-state index in [0.29, 0.717) is 25.6 Å². The Morgan fingerprint density at radius 3 is 2.47 bits per heavy atom. The van der Waals surface area contributed by atoms with Gasteiger partial charge in [-0.1, -0.05) is 35.8 Å². The molecule has 5 rings (SSSR count). The number of amides is 1. The van der Waals surface area contributed by atoms with Gasteiger partial charge in [-0.05, 0) is 98.5 Å². The lowest BCUT2D eigenvalue weighted by atomic mass is 9.68. The lowest BCUT2D eigenvalue weighted by Gasteiger charge is -2.35. The highest BCUT2D eigenvalue weighted by atomic mass is 79.9. The van der Waals surface area contributed by atoms with Gasteiger partial charge in [0.25, 0.3) is 0 Å². The highest BCUT2D eigenvalue weighted by molar-refractivity contribution is 9.10. The largest absolute Gasteiger partial charge is 0.493 e. The van der Waals surface area contributed by atoms with Gasteiger partial charge in [0.2, 0.25) is 0 Å². The van der Waals surface area contributed by atoms with Crippen LogP contribution in [0.3, 0.4) is 0 Å². The smallest absolute Gasteiger partial charge is 0.410 e. The highest BCUT2D eigenvalue weighted by Gasteiger charge is 2.43. The number of hydrogen-bond donors (Lipinski definition) is 0. The van der Waals surface area contributed by atoms with Crippen molar-refractivity contribution in [1.29, 1.82) is 0 Å². The Bertz CT molecular complexity index is 1260. The van der Waals surface area contributed by atoms with Crippen LogP contribution in [0, 0.1) is 5.92 Å². The number of halogens is 1. The zero-order chi connectivity index (χ0) is 25.8. The van der Waals surface area contributed by atoms with Gasteiger partial charge in [-0.15, -0.1) is 0 Å². The van der Waals surface area contributed by atoms with Crippen molar-refractivity contribution in [3.63, 3.8) is 0 Å². The minimum absolute atomic E-state index is 0.112. The van der Waals surface area contributed by atoms with Crippen LogP contribution < -0.4 is 4.74 Å². The lowest BCUT2D eigenvalue weighted by Crippen LogP contribution is -2.42. The number of rotatable bonds is 3. The van der Waals surface area contributed by atoms with Crippen LogP contribution in [0.2, 0.25) is 0 Å². The second-order valence-electron chi connectivity index (χ2n) is 11.7. The zero-order valence-corrected chi connectivity index (χ0v) is 23.3. The van der Waals surface area contributed by atoms with Crippen molar-refractivity contribution in [2.24, 2.45) is 5.92 Å². The van der Waals surface area contributed by atoms with Gasteiger partial charge in [0.05, 0.1) is 6.61 Å². The monoisotopic (exact) mass is 551 g/mol. The number of carbonyl (C=O) groups excluding carboxylic acids is 2. The van der Waals surface area contributed by atoms with Crippen LogP contribution in [0.25, 0.3) is 5.57 Å². The summed E-state index contributed by atoms with van der Waals surface area (Å²) in [4.78, 5) is 27.7. The SMILES string of the molecule is CC(C)(C)OC(=O)N1CCC(COc2ccc3c(c2)C(C)(C)C2=C(C3=O)c3ccc(Br)cc3C2)CC1. The standard InChI is InChI=1S/C30H34BrNO4/c1-29(2,3)36-28(34)32-12-10-18(11-13-32)17-35-21-7-9-23-24(16-21)30(4,5)25-15-19-14-20(31)6-8-22(19)26(25)27(23)33/h6-9,14,16,18H,10-13,15,17H2,1-5H3. The molecule has 0 radical (unpaired) electrons. The Balaban J connectivity index is 1.27. The number of carbonyl (C=O) groups is 2. The summed E-state index contributed by atoms with van der Waals surface area (Å²) in [5, 5.41) is 0. The van der Waals surface area contributed by atoms with Gasteiger partial charge in [-0.25, -0.2) is 4.79 Å². The van der Waals surface area contributed by atoms with Crippen LogP contribution in [-0.4, -0.2) is 42.1 Å². The van der Waals surface area contributed by atoms with E-state index in [1.54, 1.807) is 4.90 Å². The zero-order valence-electron chi connectivity index (χ0n) is 21.7. The maximum atomic E-state index is 13.6. The minimum atomic E-state index is -0.479. The lowest BCUT2D eigenvalue weighted by molar-refractivity contribution is 0.0165. The molecule has 1 heterocycles. The van der Waals surface area contributed by atoms with Crippen molar-refractivity contribution in [3.8, 4) is 5.75 Å². The van der Waals surface area contributed by atoms with Gasteiger partial charge in [-0.2, -0.15) is 0 Å². The summed E-state index contributed by atoms with van der Waals surface area (Å²) < 4.78 is 12.8. The number of allylic oxidation sites excluding steroid dienone is 2. The maximum Gasteiger partial charge on any atom is 0.410 e. The van der Waals surface area contributed by atoms with Crippen LogP contribution in [0.1, 0.15) is 74.5 Å². The molecule has 1 aliphatic heterocycles. The first-order valence-electron chi connectivity index (χ1n) is 12.8. The van der Waals surface area contributed by atoms with Crippen molar-refractivity contribution in [2.75, 3.05) is 19.7 Å². The third-order valence-corrected chi connectivity index (χ3v) is 8.14. The van der Waals surface area contributed by atoms with Gasteiger partial charge in [0, 0.05) is 34.1 Å². The first kappa shape index (κ1) is 25.1. The molecular weight excluding hydrogens is 518 g/mol. The molecule has 0 saturated carbocycles. The number of nitrogens with zero attached hydrogens (tertiary/aromatic N) is 1. The molecule has 5 nitrogen and oxygen atoms in total. The third kappa shape index (κ3) is 4.60. The first-order valence-corrected chi connectivity index (χ1v) is 13.6. The first-order chi connectivity index (χ1) is 16.9. The Labute approximate surface area is 222 Å². The normalized spacial score (nSPS) is 19.1. The predicted octanol–water partition coefficient (Wildman–Crippen LogP) is 6.96. The van der Waals surface area contributed by atoms with E-state index in [-0.39, 0.29) is 17.3 Å². The fourth-order valence-corrected chi connectivity index (χ4v) is 6.04. The van der Waals surface area contributed by atoms with Gasteiger partial charge in [0.1, 0.15) is 11.4 Å². The van der Waals surface area contributed by atoms with Gasteiger partial charge < -0.3 is 14.4 Å². The Kier molecular flexibility index (Phi) is 6.30. The maximum absolute atomic E-state index is 13.6. The van der Waals surface area contributed by atoms with E-state index in [0.717, 1.165) is 51.7 Å². The van der Waals surface area contributed by atoms with E-state index in [9.17, 15) is 9.59 Å². The molecular formula is C30H34BrNO4. The summed E-state index contributed by atoms with van der Waals surface area (Å²) in [6.07, 6.45) is 2.33. The summed E-state index contributed by atoms with van der Waals surface area (Å²) in [5.74, 6) is 1.29. The van der Waals surface area contributed by atoms with E-state index in [1.807, 2.05) is 39.0 Å². The van der Waals surface area contributed by atoms with Crippen LogP contribution in [0.5, 0.6) is 5.75 Å². The van der Waals surface area contributed by atoms with Gasteiger partial charge >= 0.3 is 6.09 Å². The topological polar surface area (TPSA) is 55.8 Å². The molecule has 36 heavy (non-hydrogen) atoms. The van der Waals surface area contributed by atoms with Crippen molar-refractivity contribution < 1.29 is 19.1 Å². The molecule has 2 aromatic rings. The molecule has 0 N–H and O–H groups in total. The van der Waals surface area contributed by atoms with Crippen LogP contribution in [-0.2, 0) is 16.6 Å². The van der Waals surface area contributed by atoms with Crippen LogP contribution in [0.15, 0.2) is 46.4 Å². The van der Waals surface area contributed by atoms with E-state index in [1.165, 1.54) is 11.1 Å². The molecule has 2 aliphatic carbocycles. The molecule has 1 saturated heterocycles. The van der Waals surface area contributed by atoms with E-state index in [2.05, 4.69) is 48.0 Å². The Morgan fingerprint density at radius 1 is 1.08 bits per heavy atom. The van der Waals surface area contributed by atoms with Crippen molar-refractivity contribution in [2.45, 2.75) is 64.9 Å². The number of ketones is 1. The second-order valence-corrected chi connectivity index (χ2v) is 12.6.